The highest BCUT2D eigenvalue weighted by atomic mass is 35.5. The van der Waals surface area contributed by atoms with E-state index < -0.39 is 33.9 Å². The van der Waals surface area contributed by atoms with E-state index in [1.165, 1.54) is 4.90 Å². The van der Waals surface area contributed by atoms with Crippen LogP contribution in [0.25, 0.3) is 0 Å². The first-order valence-corrected chi connectivity index (χ1v) is 16.3. The molecule has 2 aromatic rings. The third kappa shape index (κ3) is 8.74. The number of rotatable bonds is 11. The number of piperazine rings is 1. The number of carbonyl (C=O) groups is 3. The number of nitrogens with two attached hydrogens (primary N) is 1. The average molecular weight is 619 g/mol. The van der Waals surface area contributed by atoms with Crippen molar-refractivity contribution < 1.29 is 22.8 Å². The maximum Gasteiger partial charge on any atom is 0.244 e. The van der Waals surface area contributed by atoms with Gasteiger partial charge in [-0.05, 0) is 48.1 Å². The summed E-state index contributed by atoms with van der Waals surface area (Å²) in [5, 5.41) is 6.51. The Hall–Kier alpha value is -3.03. The van der Waals surface area contributed by atoms with E-state index in [0.29, 0.717) is 30.2 Å². The zero-order chi connectivity index (χ0) is 30.1. The van der Waals surface area contributed by atoms with Gasteiger partial charge in [-0.25, -0.2) is 13.1 Å². The molecule has 0 aromatic heterocycles. The molecule has 11 nitrogen and oxygen atoms in total. The van der Waals surface area contributed by atoms with Crippen molar-refractivity contribution in [3.63, 3.8) is 0 Å². The number of likely N-dealkylation sites (tertiary alicyclic amines) is 1. The molecule has 2 fully saturated rings. The van der Waals surface area contributed by atoms with E-state index in [1.54, 1.807) is 53.4 Å². The van der Waals surface area contributed by atoms with Crippen molar-refractivity contribution >= 4 is 39.3 Å². The molecule has 2 atom stereocenters. The van der Waals surface area contributed by atoms with Crippen LogP contribution in [0.1, 0.15) is 42.4 Å². The molecule has 4 rings (SSSR count). The van der Waals surface area contributed by atoms with E-state index in [1.807, 2.05) is 0 Å². The van der Waals surface area contributed by atoms with Crippen LogP contribution in [-0.2, 0) is 43.2 Å². The Labute approximate surface area is 252 Å². The van der Waals surface area contributed by atoms with Gasteiger partial charge in [-0.2, -0.15) is 0 Å². The van der Waals surface area contributed by atoms with Crippen LogP contribution in [-0.4, -0.2) is 80.7 Å². The van der Waals surface area contributed by atoms with Crippen molar-refractivity contribution in [2.75, 3.05) is 32.7 Å². The lowest BCUT2D eigenvalue weighted by molar-refractivity contribution is -0.145. The molecule has 2 heterocycles. The second kappa shape index (κ2) is 14.9. The van der Waals surface area contributed by atoms with Gasteiger partial charge in [-0.15, -0.1) is 0 Å². The van der Waals surface area contributed by atoms with Crippen LogP contribution in [0.2, 0.25) is 5.02 Å². The lowest BCUT2D eigenvalue weighted by atomic mass is 10.1. The monoisotopic (exact) mass is 618 g/mol. The fourth-order valence-electron chi connectivity index (χ4n) is 5.34. The average Bonchev–Trinajstić information content (AvgIpc) is 2.99. The van der Waals surface area contributed by atoms with Crippen LogP contribution in [0.5, 0.6) is 0 Å². The summed E-state index contributed by atoms with van der Waals surface area (Å²) in [6, 6.07) is 11.6. The molecule has 0 radical (unpaired) electrons. The van der Waals surface area contributed by atoms with Gasteiger partial charge in [-0.1, -0.05) is 48.0 Å². The summed E-state index contributed by atoms with van der Waals surface area (Å²) in [5.41, 5.74) is 7.98. The number of amides is 3. The summed E-state index contributed by atoms with van der Waals surface area (Å²) < 4.78 is 28.9. The van der Waals surface area contributed by atoms with Crippen molar-refractivity contribution in [3.8, 4) is 0 Å². The molecule has 2 aromatic carbocycles. The summed E-state index contributed by atoms with van der Waals surface area (Å²) in [6.07, 6.45) is 2.42. The van der Waals surface area contributed by atoms with Gasteiger partial charge in [0, 0.05) is 50.8 Å². The minimum Gasteiger partial charge on any atom is -0.350 e. The molecule has 2 saturated heterocycles. The molecule has 0 unspecified atom stereocenters. The molecular weight excluding hydrogens is 580 g/mol. The van der Waals surface area contributed by atoms with Crippen LogP contribution >= 0.6 is 11.6 Å². The number of hydrogen-bond donors (Lipinski definition) is 4. The Kier molecular flexibility index (Phi) is 11.3. The molecular formula is C29H39ClN6O5S. The zero-order valence-corrected chi connectivity index (χ0v) is 25.1. The van der Waals surface area contributed by atoms with Gasteiger partial charge in [0.05, 0.1) is 12.2 Å². The van der Waals surface area contributed by atoms with Gasteiger partial charge in [0.25, 0.3) is 0 Å². The van der Waals surface area contributed by atoms with E-state index in [0.717, 1.165) is 30.4 Å². The van der Waals surface area contributed by atoms with Crippen molar-refractivity contribution in [2.45, 2.75) is 56.6 Å². The minimum absolute atomic E-state index is 0.158. The molecule has 2 aliphatic rings. The van der Waals surface area contributed by atoms with Crippen LogP contribution < -0.4 is 21.1 Å². The van der Waals surface area contributed by atoms with E-state index in [9.17, 15) is 22.8 Å². The summed E-state index contributed by atoms with van der Waals surface area (Å²) in [4.78, 5) is 43.6. The highest BCUT2D eigenvalue weighted by Gasteiger charge is 2.38. The second-order valence-corrected chi connectivity index (χ2v) is 12.8. The SMILES string of the molecule is NCc1ccc(Cl)cc1CNC(=O)[C@@H]1CNCCN1C(=O)[C@@H](CC(=O)N1CCCCC1)NS(=O)(=O)Cc1ccccc1. The third-order valence-corrected chi connectivity index (χ3v) is 9.17. The number of nitrogens with zero attached hydrogens (tertiary/aromatic N) is 2. The second-order valence-electron chi connectivity index (χ2n) is 10.6. The van der Waals surface area contributed by atoms with Crippen molar-refractivity contribution in [1.29, 1.82) is 0 Å². The standard InChI is InChI=1S/C29H39ClN6O5S/c30-24-10-9-22(17-31)23(15-24)18-33-28(38)26-19-32-11-14-36(26)29(39)25(16-27(37)35-12-5-2-6-13-35)34-42(40,41)20-21-7-3-1-4-8-21/h1,3-4,7-10,15,25-26,32,34H,2,5-6,11-14,16-20,31H2,(H,33,38)/t25-,26+/m1/s1. The lowest BCUT2D eigenvalue weighted by Crippen LogP contribution is -2.63. The first-order valence-electron chi connectivity index (χ1n) is 14.2. The normalized spacial score (nSPS) is 18.4. The first kappa shape index (κ1) is 31.9. The quantitative estimate of drug-likeness (QED) is 0.294. The fraction of sp³-hybridized carbons (Fsp3) is 0.483. The summed E-state index contributed by atoms with van der Waals surface area (Å²) >= 11 is 6.14. The summed E-state index contributed by atoms with van der Waals surface area (Å²) in [7, 11) is -4.00. The van der Waals surface area contributed by atoms with E-state index in [-0.39, 0.29) is 44.3 Å². The molecule has 3 amide bonds. The van der Waals surface area contributed by atoms with Crippen molar-refractivity contribution in [3.05, 3.63) is 70.2 Å². The molecule has 13 heteroatoms. The smallest absolute Gasteiger partial charge is 0.244 e. The Morgan fingerprint density at radius 2 is 1.76 bits per heavy atom. The van der Waals surface area contributed by atoms with Gasteiger partial charge < -0.3 is 26.2 Å². The number of piperidine rings is 1. The Morgan fingerprint density at radius 3 is 2.48 bits per heavy atom. The predicted octanol–water partition coefficient (Wildman–Crippen LogP) is 1.11. The van der Waals surface area contributed by atoms with Crippen LogP contribution in [0, 0.1) is 0 Å². The maximum absolute atomic E-state index is 14.0. The topological polar surface area (TPSA) is 154 Å². The molecule has 0 saturated carbocycles. The van der Waals surface area contributed by atoms with Crippen LogP contribution in [0.3, 0.4) is 0 Å². The number of halogens is 1. The van der Waals surface area contributed by atoms with E-state index in [4.69, 9.17) is 17.3 Å². The molecule has 0 aliphatic carbocycles. The van der Waals surface area contributed by atoms with Crippen molar-refractivity contribution in [1.82, 2.24) is 25.2 Å². The van der Waals surface area contributed by atoms with Crippen LogP contribution in [0.15, 0.2) is 48.5 Å². The molecule has 228 valence electrons. The fourth-order valence-corrected chi connectivity index (χ4v) is 6.87. The molecule has 5 N–H and O–H groups in total. The minimum atomic E-state index is -4.00. The van der Waals surface area contributed by atoms with Gasteiger partial charge in [0.2, 0.25) is 27.7 Å². The predicted molar refractivity (Wildman–Crippen MR) is 161 cm³/mol. The maximum atomic E-state index is 14.0. The summed E-state index contributed by atoms with van der Waals surface area (Å²) in [6.45, 7) is 2.36. The first-order chi connectivity index (χ1) is 20.2. The third-order valence-electron chi connectivity index (χ3n) is 7.58. The van der Waals surface area contributed by atoms with Gasteiger partial charge >= 0.3 is 0 Å². The van der Waals surface area contributed by atoms with Gasteiger partial charge in [0.1, 0.15) is 12.1 Å². The Bertz CT molecular complexity index is 1350. The van der Waals surface area contributed by atoms with Gasteiger partial charge in [0.15, 0.2) is 0 Å². The molecule has 0 spiro atoms. The number of hydrogen-bond acceptors (Lipinski definition) is 7. The number of benzene rings is 2. The Balaban J connectivity index is 1.52. The highest BCUT2D eigenvalue weighted by Crippen LogP contribution is 2.18. The number of carbonyl (C=O) groups excluding carboxylic acids is 3. The van der Waals surface area contributed by atoms with E-state index in [2.05, 4.69) is 15.4 Å². The number of nitrogens with one attached hydrogen (secondary N) is 3. The highest BCUT2D eigenvalue weighted by molar-refractivity contribution is 7.88. The van der Waals surface area contributed by atoms with E-state index >= 15 is 0 Å². The molecule has 42 heavy (non-hydrogen) atoms. The lowest BCUT2D eigenvalue weighted by Gasteiger charge is -2.37. The molecule has 2 aliphatic heterocycles. The zero-order valence-electron chi connectivity index (χ0n) is 23.6. The van der Waals surface area contributed by atoms with Crippen molar-refractivity contribution in [2.24, 2.45) is 5.73 Å². The van der Waals surface area contributed by atoms with Gasteiger partial charge in [-0.3, -0.25) is 14.4 Å². The van der Waals surface area contributed by atoms with Crippen LogP contribution in [0.4, 0.5) is 0 Å². The molecule has 0 bridgehead atoms. The largest absolute Gasteiger partial charge is 0.350 e. The Morgan fingerprint density at radius 1 is 1.02 bits per heavy atom. The summed E-state index contributed by atoms with van der Waals surface area (Å²) in [5.74, 6) is -1.65. The number of sulfonamides is 1.